The van der Waals surface area contributed by atoms with Crippen LogP contribution in [0.3, 0.4) is 0 Å². The zero-order valence-corrected chi connectivity index (χ0v) is 11.0. The number of nitrogens with zero attached hydrogens (tertiary/aromatic N) is 2. The summed E-state index contributed by atoms with van der Waals surface area (Å²) >= 11 is 0. The lowest BCUT2D eigenvalue weighted by Gasteiger charge is -2.30. The van der Waals surface area contributed by atoms with Crippen LogP contribution in [0.1, 0.15) is 32.5 Å². The molecule has 1 aliphatic rings. The van der Waals surface area contributed by atoms with Crippen LogP contribution in [0.15, 0.2) is 24.4 Å². The fourth-order valence-corrected chi connectivity index (χ4v) is 2.74. The van der Waals surface area contributed by atoms with Crippen molar-refractivity contribution in [1.82, 2.24) is 9.88 Å². The topological polar surface area (TPSA) is 42.1 Å². The lowest BCUT2D eigenvalue weighted by molar-refractivity contribution is 0.205. The van der Waals surface area contributed by atoms with Crippen molar-refractivity contribution in [3.63, 3.8) is 0 Å². The molecule has 17 heavy (non-hydrogen) atoms. The highest BCUT2D eigenvalue weighted by Gasteiger charge is 2.33. The average Bonchev–Trinajstić information content (AvgIpc) is 2.60. The second-order valence-corrected chi connectivity index (χ2v) is 5.47. The van der Waals surface area contributed by atoms with Crippen LogP contribution in [0, 0.1) is 11.8 Å². The van der Waals surface area contributed by atoms with Gasteiger partial charge < -0.3 is 5.73 Å². The summed E-state index contributed by atoms with van der Waals surface area (Å²) in [5.74, 6) is 1.50. The fourth-order valence-electron chi connectivity index (χ4n) is 2.74. The number of nitrogens with two attached hydrogens (primary N) is 1. The first kappa shape index (κ1) is 12.5. The molecule has 1 aliphatic heterocycles. The van der Waals surface area contributed by atoms with E-state index in [1.54, 1.807) is 0 Å². The van der Waals surface area contributed by atoms with Gasteiger partial charge in [0.25, 0.3) is 0 Å². The van der Waals surface area contributed by atoms with Crippen molar-refractivity contribution in [2.24, 2.45) is 17.6 Å². The quantitative estimate of drug-likeness (QED) is 0.869. The zero-order valence-electron chi connectivity index (χ0n) is 11.0. The first-order valence-electron chi connectivity index (χ1n) is 6.50. The molecule has 1 aromatic heterocycles. The molecule has 1 fully saturated rings. The second-order valence-electron chi connectivity index (χ2n) is 5.47. The van der Waals surface area contributed by atoms with E-state index in [9.17, 15) is 0 Å². The Hall–Kier alpha value is -0.930. The SMILES string of the molecule is CC(N)C(c1ccccn1)N1CC(C)C(C)C1. The van der Waals surface area contributed by atoms with Crippen LogP contribution in [0.2, 0.25) is 0 Å². The number of hydrogen-bond donors (Lipinski definition) is 1. The molecule has 1 aromatic rings. The summed E-state index contributed by atoms with van der Waals surface area (Å²) in [6.07, 6.45) is 1.85. The molecule has 2 N–H and O–H groups in total. The van der Waals surface area contributed by atoms with Gasteiger partial charge in [-0.2, -0.15) is 0 Å². The molecule has 2 heterocycles. The molecule has 2 rings (SSSR count). The van der Waals surface area contributed by atoms with Gasteiger partial charge in [-0.1, -0.05) is 19.9 Å². The van der Waals surface area contributed by atoms with E-state index in [1.807, 2.05) is 18.3 Å². The van der Waals surface area contributed by atoms with Crippen molar-refractivity contribution < 1.29 is 0 Å². The zero-order chi connectivity index (χ0) is 12.4. The predicted molar refractivity (Wildman–Crippen MR) is 70.5 cm³/mol. The van der Waals surface area contributed by atoms with Crippen LogP contribution in [0.4, 0.5) is 0 Å². The highest BCUT2D eigenvalue weighted by molar-refractivity contribution is 5.12. The maximum absolute atomic E-state index is 6.16. The van der Waals surface area contributed by atoms with Crippen molar-refractivity contribution in [1.29, 1.82) is 0 Å². The molecule has 1 saturated heterocycles. The van der Waals surface area contributed by atoms with Gasteiger partial charge >= 0.3 is 0 Å². The number of pyridine rings is 1. The third-order valence-electron chi connectivity index (χ3n) is 3.90. The van der Waals surface area contributed by atoms with Crippen molar-refractivity contribution in [3.8, 4) is 0 Å². The van der Waals surface area contributed by atoms with Crippen LogP contribution in [0.5, 0.6) is 0 Å². The van der Waals surface area contributed by atoms with Gasteiger partial charge in [-0.25, -0.2) is 0 Å². The smallest absolute Gasteiger partial charge is 0.0671 e. The average molecular weight is 233 g/mol. The number of likely N-dealkylation sites (tertiary alicyclic amines) is 1. The minimum atomic E-state index is 0.113. The molecule has 3 nitrogen and oxygen atoms in total. The van der Waals surface area contributed by atoms with Crippen molar-refractivity contribution in [3.05, 3.63) is 30.1 Å². The van der Waals surface area contributed by atoms with Gasteiger partial charge in [-0.3, -0.25) is 9.88 Å². The maximum atomic E-state index is 6.16. The Labute approximate surface area is 104 Å². The number of aromatic nitrogens is 1. The van der Waals surface area contributed by atoms with Gasteiger partial charge in [0, 0.05) is 25.3 Å². The Bertz CT molecular complexity index is 340. The van der Waals surface area contributed by atoms with Crippen LogP contribution in [-0.2, 0) is 0 Å². The molecule has 0 aliphatic carbocycles. The molecule has 0 amide bonds. The van der Waals surface area contributed by atoms with Gasteiger partial charge in [0.15, 0.2) is 0 Å². The second kappa shape index (κ2) is 5.15. The van der Waals surface area contributed by atoms with E-state index < -0.39 is 0 Å². The van der Waals surface area contributed by atoms with Gasteiger partial charge in [0.1, 0.15) is 0 Å². The highest BCUT2D eigenvalue weighted by atomic mass is 15.2. The summed E-state index contributed by atoms with van der Waals surface area (Å²) in [7, 11) is 0. The van der Waals surface area contributed by atoms with E-state index in [4.69, 9.17) is 5.73 Å². The molecule has 4 atom stereocenters. The fraction of sp³-hybridized carbons (Fsp3) is 0.643. The summed E-state index contributed by atoms with van der Waals surface area (Å²) < 4.78 is 0. The Kier molecular flexibility index (Phi) is 3.79. The van der Waals surface area contributed by atoms with E-state index in [0.29, 0.717) is 0 Å². The summed E-state index contributed by atoms with van der Waals surface area (Å²) in [4.78, 5) is 6.96. The van der Waals surface area contributed by atoms with Crippen molar-refractivity contribution >= 4 is 0 Å². The first-order valence-corrected chi connectivity index (χ1v) is 6.50. The lowest BCUT2D eigenvalue weighted by atomic mass is 10.0. The van der Waals surface area contributed by atoms with E-state index in [0.717, 1.165) is 30.6 Å². The molecule has 0 saturated carbocycles. The molecular weight excluding hydrogens is 210 g/mol. The maximum Gasteiger partial charge on any atom is 0.0671 e. The Morgan fingerprint density at radius 2 is 1.94 bits per heavy atom. The standard InChI is InChI=1S/C14H23N3/c1-10-8-17(9-11(10)2)14(12(3)15)13-6-4-5-7-16-13/h4-7,10-12,14H,8-9,15H2,1-3H3. The third-order valence-corrected chi connectivity index (χ3v) is 3.90. The minimum Gasteiger partial charge on any atom is -0.326 e. The van der Waals surface area contributed by atoms with Crippen LogP contribution >= 0.6 is 0 Å². The summed E-state index contributed by atoms with van der Waals surface area (Å²) in [6, 6.07) is 6.45. The third kappa shape index (κ3) is 2.67. The monoisotopic (exact) mass is 233 g/mol. The Morgan fingerprint density at radius 3 is 2.41 bits per heavy atom. The molecular formula is C14H23N3. The summed E-state index contributed by atoms with van der Waals surface area (Å²) in [5, 5.41) is 0. The molecule has 94 valence electrons. The molecule has 0 bridgehead atoms. The molecule has 3 heteroatoms. The van der Waals surface area contributed by atoms with Gasteiger partial charge in [0.05, 0.1) is 11.7 Å². The summed E-state index contributed by atoms with van der Waals surface area (Å²) in [5.41, 5.74) is 7.26. The van der Waals surface area contributed by atoms with Crippen molar-refractivity contribution in [2.45, 2.75) is 32.9 Å². The lowest BCUT2D eigenvalue weighted by Crippen LogP contribution is -2.39. The van der Waals surface area contributed by atoms with Crippen LogP contribution in [0.25, 0.3) is 0 Å². The van der Waals surface area contributed by atoms with Gasteiger partial charge in [-0.15, -0.1) is 0 Å². The number of hydrogen-bond acceptors (Lipinski definition) is 3. The highest BCUT2D eigenvalue weighted by Crippen LogP contribution is 2.31. The van der Waals surface area contributed by atoms with E-state index >= 15 is 0 Å². The van der Waals surface area contributed by atoms with Crippen LogP contribution in [-0.4, -0.2) is 29.0 Å². The summed E-state index contributed by atoms with van der Waals surface area (Å²) in [6.45, 7) is 8.98. The Morgan fingerprint density at radius 1 is 1.29 bits per heavy atom. The van der Waals surface area contributed by atoms with E-state index in [1.165, 1.54) is 0 Å². The van der Waals surface area contributed by atoms with E-state index in [2.05, 4.69) is 36.7 Å². The van der Waals surface area contributed by atoms with Gasteiger partial charge in [0.2, 0.25) is 0 Å². The molecule has 0 spiro atoms. The van der Waals surface area contributed by atoms with Crippen LogP contribution < -0.4 is 5.73 Å². The first-order chi connectivity index (χ1) is 8.09. The molecule has 0 aromatic carbocycles. The normalized spacial score (nSPS) is 29.2. The molecule has 0 radical (unpaired) electrons. The largest absolute Gasteiger partial charge is 0.326 e. The van der Waals surface area contributed by atoms with Gasteiger partial charge in [-0.05, 0) is 30.9 Å². The molecule has 4 unspecified atom stereocenters. The minimum absolute atomic E-state index is 0.113. The number of rotatable bonds is 3. The predicted octanol–water partition coefficient (Wildman–Crippen LogP) is 2.06. The van der Waals surface area contributed by atoms with E-state index in [-0.39, 0.29) is 12.1 Å². The van der Waals surface area contributed by atoms with Crippen molar-refractivity contribution in [2.75, 3.05) is 13.1 Å². The Balaban J connectivity index is 2.19.